The lowest BCUT2D eigenvalue weighted by molar-refractivity contribution is 0.0827. The molecule has 0 radical (unpaired) electrons. The molecule has 4 aromatic rings. The molecule has 1 amide bonds. The summed E-state index contributed by atoms with van der Waals surface area (Å²) in [6.07, 6.45) is 6.84. The van der Waals surface area contributed by atoms with Crippen LogP contribution in [0.25, 0.3) is 22.3 Å². The first-order valence-electron chi connectivity index (χ1n) is 13.3. The molecule has 1 aromatic carbocycles. The predicted octanol–water partition coefficient (Wildman–Crippen LogP) is 4.37. The average Bonchev–Trinajstić information content (AvgIpc) is 3.23. The van der Waals surface area contributed by atoms with Gasteiger partial charge < -0.3 is 14.8 Å². The third-order valence-corrected chi connectivity index (χ3v) is 7.66. The number of anilines is 1. The van der Waals surface area contributed by atoms with Gasteiger partial charge in [-0.1, -0.05) is 6.08 Å². The lowest BCUT2D eigenvalue weighted by Crippen LogP contribution is -2.29. The molecule has 0 aliphatic carbocycles. The molecule has 4 heterocycles. The van der Waals surface area contributed by atoms with Gasteiger partial charge in [-0.3, -0.25) is 19.1 Å². The maximum absolute atomic E-state index is 12.8. The Balaban J connectivity index is 1.38. The van der Waals surface area contributed by atoms with Crippen molar-refractivity contribution in [1.82, 2.24) is 23.9 Å². The number of nitrogens with zero attached hydrogens (tertiary/aromatic N) is 5. The molecule has 5 rings (SSSR count). The number of hydrogen-bond donors (Lipinski definition) is 1. The van der Waals surface area contributed by atoms with E-state index in [1.807, 2.05) is 31.3 Å². The highest BCUT2D eigenvalue weighted by Gasteiger charge is 2.20. The Morgan fingerprint density at radius 3 is 2.46 bits per heavy atom. The van der Waals surface area contributed by atoms with Crippen molar-refractivity contribution < 1.29 is 4.79 Å². The van der Waals surface area contributed by atoms with Crippen LogP contribution in [0.5, 0.6) is 0 Å². The smallest absolute Gasteiger partial charge is 0.257 e. The Hall–Kier alpha value is -4.17. The Bertz CT molecular complexity index is 1640. The minimum absolute atomic E-state index is 0.0315. The van der Waals surface area contributed by atoms with Crippen LogP contribution in [-0.4, -0.2) is 64.1 Å². The molecule has 0 saturated carbocycles. The number of fused-ring (bicyclic) bond motifs is 1. The second-order valence-corrected chi connectivity index (χ2v) is 10.5. The monoisotopic (exact) mass is 524 g/mol. The van der Waals surface area contributed by atoms with Crippen LogP contribution in [0.3, 0.4) is 0 Å². The maximum Gasteiger partial charge on any atom is 0.257 e. The summed E-state index contributed by atoms with van der Waals surface area (Å²) in [6.45, 7) is 6.77. The second kappa shape index (κ2) is 10.5. The molecule has 1 N–H and O–H groups in total. The Morgan fingerprint density at radius 2 is 1.85 bits per heavy atom. The summed E-state index contributed by atoms with van der Waals surface area (Å²) < 4.78 is 3.80. The number of pyridine rings is 2. The molecular formula is C31H36N6O2. The first-order valence-corrected chi connectivity index (χ1v) is 13.3. The number of carbonyl (C=O) groups excluding carboxylic acids is 1. The molecule has 3 aromatic heterocycles. The Labute approximate surface area is 229 Å². The molecule has 0 bridgehead atoms. The van der Waals surface area contributed by atoms with Gasteiger partial charge in [-0.25, -0.2) is 4.98 Å². The van der Waals surface area contributed by atoms with Gasteiger partial charge in [-0.15, -0.1) is 0 Å². The van der Waals surface area contributed by atoms with E-state index in [0.29, 0.717) is 0 Å². The van der Waals surface area contributed by atoms with Gasteiger partial charge in [0.25, 0.3) is 11.5 Å². The lowest BCUT2D eigenvalue weighted by atomic mass is 9.90. The quantitative estimate of drug-likeness (QED) is 0.405. The molecule has 39 heavy (non-hydrogen) atoms. The first-order chi connectivity index (χ1) is 18.7. The van der Waals surface area contributed by atoms with Gasteiger partial charge in [0.1, 0.15) is 5.65 Å². The molecule has 202 valence electrons. The third kappa shape index (κ3) is 5.00. The van der Waals surface area contributed by atoms with Crippen LogP contribution in [0.2, 0.25) is 0 Å². The van der Waals surface area contributed by atoms with Crippen molar-refractivity contribution in [2.75, 3.05) is 39.5 Å². The number of aromatic nitrogens is 3. The van der Waals surface area contributed by atoms with Crippen LogP contribution in [0.4, 0.5) is 5.69 Å². The summed E-state index contributed by atoms with van der Waals surface area (Å²) >= 11 is 0. The molecular weight excluding hydrogens is 488 g/mol. The highest BCUT2D eigenvalue weighted by Crippen LogP contribution is 2.31. The highest BCUT2D eigenvalue weighted by atomic mass is 16.2. The van der Waals surface area contributed by atoms with E-state index in [-0.39, 0.29) is 11.5 Å². The van der Waals surface area contributed by atoms with Crippen molar-refractivity contribution in [3.8, 4) is 5.69 Å². The van der Waals surface area contributed by atoms with Gasteiger partial charge in [0.2, 0.25) is 0 Å². The summed E-state index contributed by atoms with van der Waals surface area (Å²) in [4.78, 5) is 33.9. The zero-order valence-electron chi connectivity index (χ0n) is 23.6. The van der Waals surface area contributed by atoms with Gasteiger partial charge in [0, 0.05) is 88.6 Å². The van der Waals surface area contributed by atoms with Crippen LogP contribution >= 0.6 is 0 Å². The number of amides is 1. The van der Waals surface area contributed by atoms with Gasteiger partial charge >= 0.3 is 0 Å². The number of carbonyl (C=O) groups is 1. The first kappa shape index (κ1) is 26.4. The van der Waals surface area contributed by atoms with E-state index in [9.17, 15) is 9.59 Å². The molecule has 0 atom stereocenters. The standard InChI is InChI=1S/C31H36N6O2/c1-20-15-23(31(39)34(4)5)16-21(2)29(20)22-8-12-36(13-9-22)19-25-18-26-27(7-11-33-30(26)35(25)6)37-14-10-24(32-3)17-28(37)38/h7-8,10-11,14-18,32H,9,12-13,19H2,1-6H3. The van der Waals surface area contributed by atoms with E-state index < -0.39 is 0 Å². The summed E-state index contributed by atoms with van der Waals surface area (Å²) in [5.41, 5.74) is 9.18. The normalized spacial score (nSPS) is 13.9. The molecule has 0 saturated heterocycles. The maximum atomic E-state index is 12.8. The Kier molecular flexibility index (Phi) is 7.14. The fourth-order valence-corrected chi connectivity index (χ4v) is 5.62. The van der Waals surface area contributed by atoms with Crippen LogP contribution in [0.15, 0.2) is 59.7 Å². The van der Waals surface area contributed by atoms with Crippen molar-refractivity contribution in [3.63, 3.8) is 0 Å². The number of nitrogens with one attached hydrogen (secondary N) is 1. The number of hydrogen-bond acceptors (Lipinski definition) is 5. The van der Waals surface area contributed by atoms with Gasteiger partial charge in [0.15, 0.2) is 0 Å². The molecule has 0 unspecified atom stereocenters. The second-order valence-electron chi connectivity index (χ2n) is 10.5. The molecule has 0 fully saturated rings. The van der Waals surface area contributed by atoms with Gasteiger partial charge in [-0.2, -0.15) is 0 Å². The summed E-state index contributed by atoms with van der Waals surface area (Å²) in [7, 11) is 7.41. The van der Waals surface area contributed by atoms with Crippen LogP contribution in [0, 0.1) is 13.8 Å². The summed E-state index contributed by atoms with van der Waals surface area (Å²) in [5, 5.41) is 3.98. The van der Waals surface area contributed by atoms with Crippen molar-refractivity contribution in [2.24, 2.45) is 7.05 Å². The van der Waals surface area contributed by atoms with Crippen LogP contribution in [0.1, 0.15) is 39.2 Å². The van der Waals surface area contributed by atoms with E-state index in [0.717, 1.165) is 70.8 Å². The topological polar surface area (TPSA) is 75.4 Å². The van der Waals surface area contributed by atoms with E-state index in [4.69, 9.17) is 0 Å². The van der Waals surface area contributed by atoms with Crippen molar-refractivity contribution in [2.45, 2.75) is 26.8 Å². The molecule has 1 aliphatic heterocycles. The molecule has 8 heteroatoms. The summed E-state index contributed by atoms with van der Waals surface area (Å²) in [5.74, 6) is 0.0315. The largest absolute Gasteiger partial charge is 0.388 e. The number of aryl methyl sites for hydroxylation is 3. The number of benzene rings is 1. The lowest BCUT2D eigenvalue weighted by Gasteiger charge is -2.28. The van der Waals surface area contributed by atoms with Crippen LogP contribution < -0.4 is 10.9 Å². The average molecular weight is 525 g/mol. The van der Waals surface area contributed by atoms with E-state index >= 15 is 0 Å². The van der Waals surface area contributed by atoms with Crippen LogP contribution in [-0.2, 0) is 13.6 Å². The highest BCUT2D eigenvalue weighted by molar-refractivity contribution is 5.95. The summed E-state index contributed by atoms with van der Waals surface area (Å²) in [6, 6.07) is 11.6. The molecule has 1 aliphatic rings. The van der Waals surface area contributed by atoms with E-state index in [1.165, 1.54) is 11.1 Å². The SMILES string of the molecule is CNc1ccn(-c2ccnc3c2cc(CN2CC=C(c4c(C)cc(C(=O)N(C)C)cc4C)CC2)n3C)c(=O)c1. The molecule has 8 nitrogen and oxygen atoms in total. The molecule has 0 spiro atoms. The Morgan fingerprint density at radius 1 is 1.10 bits per heavy atom. The third-order valence-electron chi connectivity index (χ3n) is 7.66. The van der Waals surface area contributed by atoms with Crippen molar-refractivity contribution >= 4 is 28.2 Å². The van der Waals surface area contributed by atoms with Gasteiger partial charge in [0.05, 0.1) is 5.69 Å². The number of rotatable bonds is 6. The van der Waals surface area contributed by atoms with E-state index in [2.05, 4.69) is 45.8 Å². The zero-order valence-corrected chi connectivity index (χ0v) is 23.6. The van der Waals surface area contributed by atoms with Crippen molar-refractivity contribution in [3.05, 3.63) is 93.2 Å². The van der Waals surface area contributed by atoms with Gasteiger partial charge in [-0.05, 0) is 72.9 Å². The minimum Gasteiger partial charge on any atom is -0.388 e. The predicted molar refractivity (Wildman–Crippen MR) is 158 cm³/mol. The van der Waals surface area contributed by atoms with E-state index in [1.54, 1.807) is 49.1 Å². The fourth-order valence-electron chi connectivity index (χ4n) is 5.62. The zero-order chi connectivity index (χ0) is 27.8. The fraction of sp³-hybridized carbons (Fsp3) is 0.323. The van der Waals surface area contributed by atoms with Crippen molar-refractivity contribution in [1.29, 1.82) is 0 Å². The minimum atomic E-state index is -0.0850.